The Hall–Kier alpha value is -1.04. The van der Waals surface area contributed by atoms with Crippen molar-refractivity contribution < 1.29 is 9.53 Å². The van der Waals surface area contributed by atoms with Gasteiger partial charge >= 0.3 is 5.97 Å². The predicted molar refractivity (Wildman–Crippen MR) is 48.4 cm³/mol. The van der Waals surface area contributed by atoms with Crippen LogP contribution in [-0.2, 0) is 9.53 Å². The van der Waals surface area contributed by atoms with Crippen molar-refractivity contribution in [3.05, 3.63) is 6.20 Å². The van der Waals surface area contributed by atoms with E-state index in [0.29, 0.717) is 18.8 Å². The smallest absolute Gasteiger partial charge is 0.306 e. The average molecular weight is 201 g/mol. The Kier molecular flexibility index (Phi) is 4.31. The minimum Gasteiger partial charge on any atom is -0.466 e. The van der Waals surface area contributed by atoms with Gasteiger partial charge in [-0.1, -0.05) is 0 Å². The monoisotopic (exact) mass is 201 g/mol. The van der Waals surface area contributed by atoms with Gasteiger partial charge in [-0.25, -0.2) is 0 Å². The summed E-state index contributed by atoms with van der Waals surface area (Å²) in [5, 5.41) is 10.8. The van der Waals surface area contributed by atoms with Gasteiger partial charge in [-0.05, 0) is 6.92 Å². The third-order valence-corrected chi connectivity index (χ3v) is 2.16. The van der Waals surface area contributed by atoms with E-state index in [9.17, 15) is 4.79 Å². The summed E-state index contributed by atoms with van der Waals surface area (Å²) in [4.78, 5) is 10.9. The number of nitrogens with one attached hydrogen (secondary N) is 1. The van der Waals surface area contributed by atoms with E-state index in [1.54, 1.807) is 13.1 Å². The molecule has 0 saturated heterocycles. The summed E-state index contributed by atoms with van der Waals surface area (Å²) in [6.07, 6.45) is 2.03. The minimum absolute atomic E-state index is 0.168. The van der Waals surface area contributed by atoms with Crippen molar-refractivity contribution in [2.45, 2.75) is 18.4 Å². The molecule has 72 valence electrons. The first-order valence-electron chi connectivity index (χ1n) is 3.97. The molecular formula is C7H11N3O2S. The van der Waals surface area contributed by atoms with Gasteiger partial charge in [-0.3, -0.25) is 4.79 Å². The Balaban J connectivity index is 2.11. The van der Waals surface area contributed by atoms with E-state index >= 15 is 0 Å². The number of ether oxygens (including phenoxy) is 1. The minimum atomic E-state index is -0.168. The van der Waals surface area contributed by atoms with Gasteiger partial charge in [0.15, 0.2) is 0 Å². The highest BCUT2D eigenvalue weighted by molar-refractivity contribution is 7.99. The molecule has 0 spiro atoms. The average Bonchev–Trinajstić information content (AvgIpc) is 2.57. The number of aromatic amines is 1. The van der Waals surface area contributed by atoms with Crippen LogP contribution < -0.4 is 0 Å². The van der Waals surface area contributed by atoms with Crippen molar-refractivity contribution in [3.8, 4) is 0 Å². The summed E-state index contributed by atoms with van der Waals surface area (Å²) in [5.41, 5.74) is 0. The molecule has 0 atom stereocenters. The van der Waals surface area contributed by atoms with Crippen LogP contribution in [-0.4, -0.2) is 33.7 Å². The summed E-state index contributed by atoms with van der Waals surface area (Å²) in [5.74, 6) is 0.504. The highest BCUT2D eigenvalue weighted by Gasteiger charge is 2.02. The Morgan fingerprint density at radius 1 is 1.77 bits per heavy atom. The van der Waals surface area contributed by atoms with E-state index in [1.807, 2.05) is 0 Å². The normalized spacial score (nSPS) is 9.92. The van der Waals surface area contributed by atoms with Crippen LogP contribution in [0.2, 0.25) is 0 Å². The van der Waals surface area contributed by atoms with Crippen molar-refractivity contribution in [3.63, 3.8) is 0 Å². The molecule has 0 bridgehead atoms. The Morgan fingerprint density at radius 2 is 2.62 bits per heavy atom. The lowest BCUT2D eigenvalue weighted by molar-refractivity contribution is -0.142. The summed E-state index contributed by atoms with van der Waals surface area (Å²) < 4.78 is 4.77. The van der Waals surface area contributed by atoms with E-state index in [0.717, 1.165) is 5.03 Å². The van der Waals surface area contributed by atoms with E-state index in [2.05, 4.69) is 15.4 Å². The lowest BCUT2D eigenvalue weighted by atomic mass is 10.5. The van der Waals surface area contributed by atoms with Crippen LogP contribution in [0.3, 0.4) is 0 Å². The van der Waals surface area contributed by atoms with Gasteiger partial charge in [-0.15, -0.1) is 16.9 Å². The van der Waals surface area contributed by atoms with E-state index in [4.69, 9.17) is 4.74 Å². The zero-order chi connectivity index (χ0) is 9.52. The molecule has 0 aliphatic carbocycles. The largest absolute Gasteiger partial charge is 0.466 e. The van der Waals surface area contributed by atoms with Crippen molar-refractivity contribution in [1.82, 2.24) is 15.4 Å². The van der Waals surface area contributed by atoms with Crippen LogP contribution >= 0.6 is 11.8 Å². The predicted octanol–water partition coefficient (Wildman–Crippen LogP) is 0.850. The maximum Gasteiger partial charge on any atom is 0.306 e. The van der Waals surface area contributed by atoms with E-state index < -0.39 is 0 Å². The summed E-state index contributed by atoms with van der Waals surface area (Å²) in [6.45, 7) is 2.23. The standard InChI is InChI=1S/C7H11N3O2S/c1-2-12-7(11)3-4-13-6-5-8-10-9-6/h5H,2-4H2,1H3,(H,8,9,10). The number of hydrogen-bond donors (Lipinski definition) is 1. The molecule has 5 nitrogen and oxygen atoms in total. The number of H-pyrrole nitrogens is 1. The van der Waals surface area contributed by atoms with Crippen LogP contribution in [0.4, 0.5) is 0 Å². The highest BCUT2D eigenvalue weighted by Crippen LogP contribution is 2.13. The summed E-state index contributed by atoms with van der Waals surface area (Å²) in [6, 6.07) is 0. The molecule has 1 heterocycles. The molecule has 0 aromatic carbocycles. The first-order valence-corrected chi connectivity index (χ1v) is 4.95. The molecule has 1 aromatic rings. The Bertz CT molecular complexity index is 250. The third-order valence-electron chi connectivity index (χ3n) is 1.25. The second kappa shape index (κ2) is 5.58. The zero-order valence-electron chi connectivity index (χ0n) is 7.32. The fourth-order valence-electron chi connectivity index (χ4n) is 0.733. The maximum atomic E-state index is 10.9. The van der Waals surface area contributed by atoms with Crippen LogP contribution in [0.25, 0.3) is 0 Å². The van der Waals surface area contributed by atoms with Crippen molar-refractivity contribution in [2.75, 3.05) is 12.4 Å². The molecule has 0 unspecified atom stereocenters. The number of thioether (sulfide) groups is 1. The van der Waals surface area contributed by atoms with Gasteiger partial charge in [0.25, 0.3) is 0 Å². The van der Waals surface area contributed by atoms with Gasteiger partial charge < -0.3 is 4.74 Å². The second-order valence-corrected chi connectivity index (χ2v) is 3.33. The van der Waals surface area contributed by atoms with Gasteiger partial charge in [0.1, 0.15) is 5.03 Å². The Labute approximate surface area is 80.2 Å². The SMILES string of the molecule is CCOC(=O)CCSc1cn[nH]n1. The number of nitrogens with zero attached hydrogens (tertiary/aromatic N) is 2. The fourth-order valence-corrected chi connectivity index (χ4v) is 1.44. The number of hydrogen-bond acceptors (Lipinski definition) is 5. The molecule has 0 radical (unpaired) electrons. The Morgan fingerprint density at radius 3 is 3.23 bits per heavy atom. The topological polar surface area (TPSA) is 67.9 Å². The van der Waals surface area contributed by atoms with Gasteiger partial charge in [0, 0.05) is 5.75 Å². The zero-order valence-corrected chi connectivity index (χ0v) is 8.13. The highest BCUT2D eigenvalue weighted by atomic mass is 32.2. The van der Waals surface area contributed by atoms with Crippen molar-refractivity contribution in [1.29, 1.82) is 0 Å². The molecule has 1 rings (SSSR count). The molecule has 6 heteroatoms. The van der Waals surface area contributed by atoms with Crippen LogP contribution in [0, 0.1) is 0 Å². The second-order valence-electron chi connectivity index (χ2n) is 2.21. The first kappa shape index (κ1) is 10.0. The molecule has 1 aromatic heterocycles. The summed E-state index contributed by atoms with van der Waals surface area (Å²) >= 11 is 1.48. The number of aromatic nitrogens is 3. The molecule has 0 fully saturated rings. The molecule has 0 aliphatic heterocycles. The fraction of sp³-hybridized carbons (Fsp3) is 0.571. The number of carbonyl (C=O) groups is 1. The number of rotatable bonds is 5. The van der Waals surface area contributed by atoms with E-state index in [1.165, 1.54) is 11.8 Å². The molecular weight excluding hydrogens is 190 g/mol. The number of esters is 1. The van der Waals surface area contributed by atoms with Crippen LogP contribution in [0.15, 0.2) is 11.2 Å². The van der Waals surface area contributed by atoms with Crippen LogP contribution in [0.5, 0.6) is 0 Å². The molecule has 13 heavy (non-hydrogen) atoms. The molecule has 0 amide bonds. The van der Waals surface area contributed by atoms with Crippen molar-refractivity contribution >= 4 is 17.7 Å². The van der Waals surface area contributed by atoms with Crippen LogP contribution in [0.1, 0.15) is 13.3 Å². The van der Waals surface area contributed by atoms with Gasteiger partial charge in [-0.2, -0.15) is 10.3 Å². The third kappa shape index (κ3) is 3.93. The quantitative estimate of drug-likeness (QED) is 0.565. The molecule has 1 N–H and O–H groups in total. The lowest BCUT2D eigenvalue weighted by Crippen LogP contribution is -2.04. The first-order chi connectivity index (χ1) is 6.33. The molecule has 0 aliphatic rings. The summed E-state index contributed by atoms with van der Waals surface area (Å²) in [7, 11) is 0. The van der Waals surface area contributed by atoms with Gasteiger partial charge in [0.2, 0.25) is 0 Å². The lowest BCUT2D eigenvalue weighted by Gasteiger charge is -1.99. The van der Waals surface area contributed by atoms with Gasteiger partial charge in [0.05, 0.1) is 19.2 Å². The maximum absolute atomic E-state index is 10.9. The number of carbonyl (C=O) groups excluding carboxylic acids is 1. The molecule has 0 saturated carbocycles. The van der Waals surface area contributed by atoms with Crippen molar-refractivity contribution in [2.24, 2.45) is 0 Å². The van der Waals surface area contributed by atoms with E-state index in [-0.39, 0.29) is 5.97 Å².